The highest BCUT2D eigenvalue weighted by Crippen LogP contribution is 2.26. The van der Waals surface area contributed by atoms with Gasteiger partial charge in [0.2, 0.25) is 5.89 Å². The zero-order valence-corrected chi connectivity index (χ0v) is 13.2. The van der Waals surface area contributed by atoms with E-state index < -0.39 is 0 Å². The van der Waals surface area contributed by atoms with Gasteiger partial charge in [-0.25, -0.2) is 0 Å². The first-order chi connectivity index (χ1) is 9.44. The van der Waals surface area contributed by atoms with Gasteiger partial charge in [0.25, 0.3) is 0 Å². The summed E-state index contributed by atoms with van der Waals surface area (Å²) < 4.78 is 5.36. The third-order valence-electron chi connectivity index (χ3n) is 4.25. The van der Waals surface area contributed by atoms with Crippen LogP contribution in [0.4, 0.5) is 0 Å². The van der Waals surface area contributed by atoms with Crippen LogP contribution in [0.1, 0.15) is 58.7 Å². The molecule has 20 heavy (non-hydrogen) atoms. The maximum absolute atomic E-state index is 5.93. The SMILES string of the molecule is CCC1CCN(Cc2noc(C(C)(C)C)n2)C(CN)C1. The molecule has 5 heteroatoms. The predicted molar refractivity (Wildman–Crippen MR) is 79.3 cm³/mol. The van der Waals surface area contributed by atoms with Crippen LogP contribution in [-0.2, 0) is 12.0 Å². The van der Waals surface area contributed by atoms with E-state index in [9.17, 15) is 0 Å². The van der Waals surface area contributed by atoms with Crippen molar-refractivity contribution in [1.29, 1.82) is 0 Å². The van der Waals surface area contributed by atoms with Gasteiger partial charge in [-0.15, -0.1) is 0 Å². The molecule has 1 aromatic rings. The minimum atomic E-state index is -0.0896. The van der Waals surface area contributed by atoms with Crippen molar-refractivity contribution in [2.24, 2.45) is 11.7 Å². The summed E-state index contributed by atoms with van der Waals surface area (Å²) in [7, 11) is 0. The van der Waals surface area contributed by atoms with Crippen molar-refractivity contribution in [1.82, 2.24) is 15.0 Å². The van der Waals surface area contributed by atoms with E-state index in [1.54, 1.807) is 0 Å². The molecule has 0 aliphatic carbocycles. The third kappa shape index (κ3) is 3.58. The van der Waals surface area contributed by atoms with E-state index in [1.807, 2.05) is 0 Å². The molecule has 2 rings (SSSR count). The second-order valence-electron chi connectivity index (χ2n) is 6.92. The van der Waals surface area contributed by atoms with Gasteiger partial charge in [-0.3, -0.25) is 4.90 Å². The van der Waals surface area contributed by atoms with Crippen LogP contribution in [0.5, 0.6) is 0 Å². The van der Waals surface area contributed by atoms with Crippen molar-refractivity contribution in [2.45, 2.75) is 65.0 Å². The van der Waals surface area contributed by atoms with Crippen LogP contribution < -0.4 is 5.73 Å². The third-order valence-corrected chi connectivity index (χ3v) is 4.25. The minimum absolute atomic E-state index is 0.0896. The molecule has 1 aromatic heterocycles. The molecule has 0 radical (unpaired) electrons. The average molecular weight is 280 g/mol. The molecule has 2 atom stereocenters. The number of likely N-dealkylation sites (tertiary alicyclic amines) is 1. The number of hydrogen-bond acceptors (Lipinski definition) is 5. The minimum Gasteiger partial charge on any atom is -0.339 e. The first-order valence-electron chi connectivity index (χ1n) is 7.71. The van der Waals surface area contributed by atoms with Gasteiger partial charge in [0.05, 0.1) is 6.54 Å². The van der Waals surface area contributed by atoms with Gasteiger partial charge >= 0.3 is 0 Å². The second kappa shape index (κ2) is 6.22. The molecule has 2 heterocycles. The van der Waals surface area contributed by atoms with Gasteiger partial charge in [0, 0.05) is 18.0 Å². The van der Waals surface area contributed by atoms with Gasteiger partial charge < -0.3 is 10.3 Å². The lowest BCUT2D eigenvalue weighted by atomic mass is 9.89. The Balaban J connectivity index is 2.00. The summed E-state index contributed by atoms with van der Waals surface area (Å²) in [5, 5.41) is 4.12. The number of piperidine rings is 1. The summed E-state index contributed by atoms with van der Waals surface area (Å²) in [6, 6.07) is 0.449. The number of nitrogens with zero attached hydrogens (tertiary/aromatic N) is 3. The van der Waals surface area contributed by atoms with Crippen molar-refractivity contribution in [3.63, 3.8) is 0 Å². The fourth-order valence-electron chi connectivity index (χ4n) is 2.81. The molecule has 0 spiro atoms. The first kappa shape index (κ1) is 15.4. The van der Waals surface area contributed by atoms with E-state index in [0.717, 1.165) is 24.8 Å². The molecule has 0 aromatic carbocycles. The smallest absolute Gasteiger partial charge is 0.232 e. The molecule has 1 aliphatic rings. The maximum Gasteiger partial charge on any atom is 0.232 e. The molecule has 1 fully saturated rings. The van der Waals surface area contributed by atoms with Gasteiger partial charge in [0.15, 0.2) is 5.82 Å². The van der Waals surface area contributed by atoms with Crippen LogP contribution in [0.3, 0.4) is 0 Å². The van der Waals surface area contributed by atoms with Crippen molar-refractivity contribution in [3.8, 4) is 0 Å². The standard InChI is InChI=1S/C15H28N4O/c1-5-11-6-7-19(12(8-11)9-16)10-13-17-14(20-18-13)15(2,3)4/h11-12H,5-10,16H2,1-4H3. The van der Waals surface area contributed by atoms with Crippen LogP contribution in [0.2, 0.25) is 0 Å². The summed E-state index contributed by atoms with van der Waals surface area (Å²) in [6.07, 6.45) is 3.69. The molecule has 5 nitrogen and oxygen atoms in total. The van der Waals surface area contributed by atoms with Gasteiger partial charge in [-0.1, -0.05) is 39.3 Å². The average Bonchev–Trinajstić information content (AvgIpc) is 2.87. The molecule has 2 N–H and O–H groups in total. The lowest BCUT2D eigenvalue weighted by Crippen LogP contribution is -2.46. The maximum atomic E-state index is 5.93. The van der Waals surface area contributed by atoms with Gasteiger partial charge in [-0.2, -0.15) is 4.98 Å². The Kier molecular flexibility index (Phi) is 4.81. The molecular weight excluding hydrogens is 252 g/mol. The van der Waals surface area contributed by atoms with E-state index in [4.69, 9.17) is 10.3 Å². The lowest BCUT2D eigenvalue weighted by Gasteiger charge is -2.38. The fourth-order valence-corrected chi connectivity index (χ4v) is 2.81. The van der Waals surface area contributed by atoms with Gasteiger partial charge in [0.1, 0.15) is 0 Å². The summed E-state index contributed by atoms with van der Waals surface area (Å²) in [4.78, 5) is 6.93. The second-order valence-corrected chi connectivity index (χ2v) is 6.92. The molecule has 2 unspecified atom stereocenters. The Morgan fingerprint density at radius 2 is 2.15 bits per heavy atom. The Labute approximate surface area is 121 Å². The highest BCUT2D eigenvalue weighted by atomic mass is 16.5. The highest BCUT2D eigenvalue weighted by Gasteiger charge is 2.28. The Morgan fingerprint density at radius 1 is 1.40 bits per heavy atom. The van der Waals surface area contributed by atoms with Crippen LogP contribution >= 0.6 is 0 Å². The summed E-state index contributed by atoms with van der Waals surface area (Å²) >= 11 is 0. The quantitative estimate of drug-likeness (QED) is 0.916. The predicted octanol–water partition coefficient (Wildman–Crippen LogP) is 2.32. The van der Waals surface area contributed by atoms with E-state index in [0.29, 0.717) is 18.5 Å². The highest BCUT2D eigenvalue weighted by molar-refractivity contribution is 4.99. The van der Waals surface area contributed by atoms with Crippen LogP contribution in [0.15, 0.2) is 4.52 Å². The summed E-state index contributed by atoms with van der Waals surface area (Å²) in [6.45, 7) is 11.1. The molecule has 0 saturated carbocycles. The molecular formula is C15H28N4O. The monoisotopic (exact) mass is 280 g/mol. The number of hydrogen-bond donors (Lipinski definition) is 1. The summed E-state index contributed by atoms with van der Waals surface area (Å²) in [5.74, 6) is 2.30. The van der Waals surface area contributed by atoms with E-state index in [2.05, 4.69) is 42.7 Å². The van der Waals surface area contributed by atoms with E-state index >= 15 is 0 Å². The summed E-state index contributed by atoms with van der Waals surface area (Å²) in [5.41, 5.74) is 5.84. The zero-order valence-electron chi connectivity index (χ0n) is 13.2. The first-order valence-corrected chi connectivity index (χ1v) is 7.71. The number of aromatic nitrogens is 2. The Morgan fingerprint density at radius 3 is 2.70 bits per heavy atom. The van der Waals surface area contributed by atoms with Crippen molar-refractivity contribution >= 4 is 0 Å². The normalized spacial score (nSPS) is 25.1. The Bertz CT molecular complexity index is 424. The molecule has 0 amide bonds. The molecule has 1 saturated heterocycles. The molecule has 1 aliphatic heterocycles. The van der Waals surface area contributed by atoms with Crippen molar-refractivity contribution < 1.29 is 4.52 Å². The van der Waals surface area contributed by atoms with Crippen LogP contribution in [-0.4, -0.2) is 34.2 Å². The van der Waals surface area contributed by atoms with Crippen molar-refractivity contribution in [2.75, 3.05) is 13.1 Å². The molecule has 114 valence electrons. The fraction of sp³-hybridized carbons (Fsp3) is 0.867. The van der Waals surface area contributed by atoms with Gasteiger partial charge in [-0.05, 0) is 25.3 Å². The van der Waals surface area contributed by atoms with E-state index in [-0.39, 0.29) is 5.41 Å². The van der Waals surface area contributed by atoms with Crippen LogP contribution in [0, 0.1) is 5.92 Å². The number of nitrogens with two attached hydrogens (primary N) is 1. The lowest BCUT2D eigenvalue weighted by molar-refractivity contribution is 0.104. The Hall–Kier alpha value is -0.940. The zero-order chi connectivity index (χ0) is 14.8. The number of rotatable bonds is 4. The molecule has 0 bridgehead atoms. The van der Waals surface area contributed by atoms with Crippen LogP contribution in [0.25, 0.3) is 0 Å². The largest absolute Gasteiger partial charge is 0.339 e. The topological polar surface area (TPSA) is 68.2 Å². The van der Waals surface area contributed by atoms with E-state index in [1.165, 1.54) is 19.3 Å². The van der Waals surface area contributed by atoms with Crippen molar-refractivity contribution in [3.05, 3.63) is 11.7 Å².